The van der Waals surface area contributed by atoms with Gasteiger partial charge in [0.15, 0.2) is 0 Å². The Morgan fingerprint density at radius 1 is 1.16 bits per heavy atom. The van der Waals surface area contributed by atoms with E-state index in [2.05, 4.69) is 10.6 Å². The van der Waals surface area contributed by atoms with Gasteiger partial charge in [-0.2, -0.15) is 0 Å². The van der Waals surface area contributed by atoms with Gasteiger partial charge in [-0.25, -0.2) is 4.79 Å². The summed E-state index contributed by atoms with van der Waals surface area (Å²) in [5.74, 6) is -1.67. The summed E-state index contributed by atoms with van der Waals surface area (Å²) in [6.07, 6.45) is 2.02. The van der Waals surface area contributed by atoms with Gasteiger partial charge in [0.2, 0.25) is 11.8 Å². The lowest BCUT2D eigenvalue weighted by Gasteiger charge is -2.38. The van der Waals surface area contributed by atoms with Crippen molar-refractivity contribution in [1.82, 2.24) is 10.6 Å². The Labute approximate surface area is 112 Å². The summed E-state index contributed by atoms with van der Waals surface area (Å²) in [6, 6.07) is 0. The van der Waals surface area contributed by atoms with Crippen LogP contribution in [0.25, 0.3) is 0 Å². The molecule has 0 heterocycles. The summed E-state index contributed by atoms with van der Waals surface area (Å²) in [5.41, 5.74) is -1.26. The molecule has 6 nitrogen and oxygen atoms in total. The van der Waals surface area contributed by atoms with E-state index < -0.39 is 17.4 Å². The first kappa shape index (κ1) is 15.5. The third-order valence-electron chi connectivity index (χ3n) is 3.13. The van der Waals surface area contributed by atoms with Crippen molar-refractivity contribution < 1.29 is 19.5 Å². The Kier molecular flexibility index (Phi) is 4.55. The van der Waals surface area contributed by atoms with Crippen molar-refractivity contribution in [1.29, 1.82) is 0 Å². The summed E-state index contributed by atoms with van der Waals surface area (Å²) in [6.45, 7) is 5.62. The zero-order chi connectivity index (χ0) is 14.7. The number of carbonyl (C=O) groups excluding carboxylic acids is 2. The number of hydrogen-bond donors (Lipinski definition) is 3. The van der Waals surface area contributed by atoms with Crippen LogP contribution in [0.5, 0.6) is 0 Å². The highest BCUT2D eigenvalue weighted by Gasteiger charge is 2.45. The topological polar surface area (TPSA) is 95.5 Å². The van der Waals surface area contributed by atoms with Crippen LogP contribution in [-0.4, -0.2) is 35.0 Å². The summed E-state index contributed by atoms with van der Waals surface area (Å²) in [4.78, 5) is 34.2. The zero-order valence-electron chi connectivity index (χ0n) is 11.7. The van der Waals surface area contributed by atoms with Gasteiger partial charge in [0, 0.05) is 6.42 Å². The molecule has 0 saturated heterocycles. The van der Waals surface area contributed by atoms with E-state index in [0.29, 0.717) is 19.3 Å². The van der Waals surface area contributed by atoms with Gasteiger partial charge in [-0.3, -0.25) is 9.59 Å². The van der Waals surface area contributed by atoms with E-state index in [1.54, 1.807) is 0 Å². The number of hydrogen-bond acceptors (Lipinski definition) is 3. The molecule has 0 unspecified atom stereocenters. The normalized spacial score (nSPS) is 17.2. The average molecular weight is 270 g/mol. The van der Waals surface area contributed by atoms with E-state index in [9.17, 15) is 14.4 Å². The molecule has 0 spiro atoms. The molecule has 0 aromatic carbocycles. The van der Waals surface area contributed by atoms with E-state index in [-0.39, 0.29) is 17.9 Å². The Hall–Kier alpha value is -1.59. The van der Waals surface area contributed by atoms with Crippen LogP contribution < -0.4 is 10.6 Å². The number of carbonyl (C=O) groups is 3. The van der Waals surface area contributed by atoms with Crippen LogP contribution in [0.3, 0.4) is 0 Å². The van der Waals surface area contributed by atoms with Gasteiger partial charge in [-0.15, -0.1) is 0 Å². The van der Waals surface area contributed by atoms with Crippen LogP contribution in [-0.2, 0) is 14.4 Å². The lowest BCUT2D eigenvalue weighted by molar-refractivity contribution is -0.151. The summed E-state index contributed by atoms with van der Waals surface area (Å²) < 4.78 is 0. The van der Waals surface area contributed by atoms with Crippen molar-refractivity contribution >= 4 is 17.8 Å². The monoisotopic (exact) mass is 270 g/mol. The maximum absolute atomic E-state index is 11.6. The molecule has 0 aromatic rings. The Morgan fingerprint density at radius 3 is 2.11 bits per heavy atom. The van der Waals surface area contributed by atoms with Gasteiger partial charge in [-0.05, 0) is 24.7 Å². The van der Waals surface area contributed by atoms with Gasteiger partial charge in [0.1, 0.15) is 5.54 Å². The van der Waals surface area contributed by atoms with Crippen LogP contribution in [0.15, 0.2) is 0 Å². The minimum Gasteiger partial charge on any atom is -0.480 e. The van der Waals surface area contributed by atoms with Crippen LogP contribution in [0, 0.1) is 5.41 Å². The molecule has 19 heavy (non-hydrogen) atoms. The smallest absolute Gasteiger partial charge is 0.329 e. The molecule has 2 amide bonds. The Morgan fingerprint density at radius 2 is 1.74 bits per heavy atom. The standard InChI is InChI=1S/C13H22N2O4/c1-12(2,3)7-9(16)14-8-10(17)15-13(11(18)19)5-4-6-13/h4-8H2,1-3H3,(H,14,16)(H,15,17)(H,18,19). The molecule has 0 atom stereocenters. The minimum absolute atomic E-state index is 0.142. The first-order valence-electron chi connectivity index (χ1n) is 6.46. The second kappa shape index (κ2) is 5.59. The lowest BCUT2D eigenvalue weighted by atomic mass is 9.77. The predicted molar refractivity (Wildman–Crippen MR) is 69.4 cm³/mol. The van der Waals surface area contributed by atoms with Crippen LogP contribution >= 0.6 is 0 Å². The molecule has 1 aliphatic carbocycles. The second-order valence-electron chi connectivity index (χ2n) is 6.30. The molecule has 0 radical (unpaired) electrons. The van der Waals surface area contributed by atoms with Crippen LogP contribution in [0.4, 0.5) is 0 Å². The van der Waals surface area contributed by atoms with Gasteiger partial charge < -0.3 is 15.7 Å². The molecular formula is C13H22N2O4. The number of amides is 2. The molecular weight excluding hydrogens is 248 g/mol. The first-order valence-corrected chi connectivity index (χ1v) is 6.46. The molecule has 0 aliphatic heterocycles. The van der Waals surface area contributed by atoms with Crippen molar-refractivity contribution in [3.05, 3.63) is 0 Å². The van der Waals surface area contributed by atoms with E-state index in [1.807, 2.05) is 20.8 Å². The fraction of sp³-hybridized carbons (Fsp3) is 0.769. The Bertz CT molecular complexity index is 381. The highest BCUT2D eigenvalue weighted by atomic mass is 16.4. The molecule has 108 valence electrons. The fourth-order valence-electron chi connectivity index (χ4n) is 1.96. The van der Waals surface area contributed by atoms with Crippen molar-refractivity contribution in [3.63, 3.8) is 0 Å². The van der Waals surface area contributed by atoms with Crippen molar-refractivity contribution in [3.8, 4) is 0 Å². The van der Waals surface area contributed by atoms with E-state index >= 15 is 0 Å². The minimum atomic E-state index is -1.12. The second-order valence-corrected chi connectivity index (χ2v) is 6.30. The third-order valence-corrected chi connectivity index (χ3v) is 3.13. The lowest BCUT2D eigenvalue weighted by Crippen LogP contribution is -2.60. The number of rotatable bonds is 5. The van der Waals surface area contributed by atoms with E-state index in [1.165, 1.54) is 0 Å². The predicted octanol–water partition coefficient (Wildman–Crippen LogP) is 0.662. The first-order chi connectivity index (χ1) is 8.65. The molecule has 1 rings (SSSR count). The maximum atomic E-state index is 11.6. The molecule has 6 heteroatoms. The largest absolute Gasteiger partial charge is 0.480 e. The fourth-order valence-corrected chi connectivity index (χ4v) is 1.96. The Balaban J connectivity index is 2.36. The average Bonchev–Trinajstić information content (AvgIpc) is 2.17. The highest BCUT2D eigenvalue weighted by Crippen LogP contribution is 2.31. The molecule has 1 saturated carbocycles. The zero-order valence-corrected chi connectivity index (χ0v) is 11.7. The van der Waals surface area contributed by atoms with E-state index in [4.69, 9.17) is 5.11 Å². The molecule has 1 fully saturated rings. The maximum Gasteiger partial charge on any atom is 0.329 e. The summed E-state index contributed by atoms with van der Waals surface area (Å²) >= 11 is 0. The van der Waals surface area contributed by atoms with Gasteiger partial charge in [0.05, 0.1) is 6.54 Å². The number of nitrogens with one attached hydrogen (secondary N) is 2. The van der Waals surface area contributed by atoms with E-state index in [0.717, 1.165) is 6.42 Å². The number of carboxylic acids is 1. The van der Waals surface area contributed by atoms with Crippen LogP contribution in [0.2, 0.25) is 0 Å². The summed E-state index contributed by atoms with van der Waals surface area (Å²) in [7, 11) is 0. The highest BCUT2D eigenvalue weighted by molar-refractivity contribution is 5.90. The SMILES string of the molecule is CC(C)(C)CC(=O)NCC(=O)NC1(C(=O)O)CCC1. The summed E-state index contributed by atoms with van der Waals surface area (Å²) in [5, 5.41) is 14.1. The van der Waals surface area contributed by atoms with Crippen LogP contribution in [0.1, 0.15) is 46.5 Å². The van der Waals surface area contributed by atoms with Crippen molar-refractivity contribution in [2.45, 2.75) is 52.0 Å². The number of aliphatic carboxylic acids is 1. The van der Waals surface area contributed by atoms with Gasteiger partial charge in [-0.1, -0.05) is 20.8 Å². The molecule has 0 bridgehead atoms. The molecule has 1 aliphatic rings. The molecule has 3 N–H and O–H groups in total. The van der Waals surface area contributed by atoms with Gasteiger partial charge in [0.25, 0.3) is 0 Å². The quantitative estimate of drug-likeness (QED) is 0.684. The van der Waals surface area contributed by atoms with Crippen molar-refractivity contribution in [2.75, 3.05) is 6.54 Å². The number of carboxylic acid groups (broad SMARTS) is 1. The van der Waals surface area contributed by atoms with Gasteiger partial charge >= 0.3 is 5.97 Å². The third kappa shape index (κ3) is 4.54. The van der Waals surface area contributed by atoms with Crippen molar-refractivity contribution in [2.24, 2.45) is 5.41 Å². The molecule has 0 aromatic heterocycles.